The van der Waals surface area contributed by atoms with Gasteiger partial charge >= 0.3 is 0 Å². The van der Waals surface area contributed by atoms with Gasteiger partial charge in [0, 0.05) is 12.4 Å². The number of alkyl halides is 1. The van der Waals surface area contributed by atoms with Gasteiger partial charge < -0.3 is 5.32 Å². The van der Waals surface area contributed by atoms with Crippen LogP contribution in [0.2, 0.25) is 0 Å². The average Bonchev–Trinajstić information content (AvgIpc) is 1.69. The molecule has 0 unspecified atom stereocenters. The molecule has 0 heterocycles. The fraction of sp³-hybridized carbons (Fsp3) is 0.600. The number of rotatable bonds is 3. The molecule has 0 saturated heterocycles. The monoisotopic (exact) mass is 119 g/mol. The molecule has 0 aromatic carbocycles. The lowest BCUT2D eigenvalue weighted by molar-refractivity contribution is 0.919. The van der Waals surface area contributed by atoms with Gasteiger partial charge in [0.25, 0.3) is 0 Å². The summed E-state index contributed by atoms with van der Waals surface area (Å²) in [6, 6.07) is 0. The van der Waals surface area contributed by atoms with Gasteiger partial charge in [-0.25, -0.2) is 0 Å². The van der Waals surface area contributed by atoms with Crippen molar-refractivity contribution in [2.75, 3.05) is 19.5 Å². The smallest absolute Gasteiger partial charge is 0.0404 e. The molecule has 0 rings (SSSR count). The SMILES string of the molecule is CNCC=CCCl. The number of hydrogen-bond donors (Lipinski definition) is 1. The largest absolute Gasteiger partial charge is 0.316 e. The van der Waals surface area contributed by atoms with E-state index in [4.69, 9.17) is 11.6 Å². The third kappa shape index (κ3) is 5.99. The predicted molar refractivity (Wildman–Crippen MR) is 33.8 cm³/mol. The zero-order valence-corrected chi connectivity index (χ0v) is 5.20. The van der Waals surface area contributed by atoms with Gasteiger partial charge in [0.2, 0.25) is 0 Å². The molecule has 0 aromatic heterocycles. The fourth-order valence-corrected chi connectivity index (χ4v) is 0.390. The Hall–Kier alpha value is -0.0100. The molecule has 0 spiro atoms. The minimum atomic E-state index is 0.613. The highest BCUT2D eigenvalue weighted by molar-refractivity contribution is 6.18. The summed E-state index contributed by atoms with van der Waals surface area (Å²) in [5.74, 6) is 0.613. The molecule has 0 fully saturated rings. The van der Waals surface area contributed by atoms with Crippen molar-refractivity contribution in [2.24, 2.45) is 0 Å². The minimum Gasteiger partial charge on any atom is -0.316 e. The first-order valence-corrected chi connectivity index (χ1v) is 2.81. The van der Waals surface area contributed by atoms with Crippen molar-refractivity contribution >= 4 is 11.6 Å². The molecule has 2 heteroatoms. The van der Waals surface area contributed by atoms with Crippen LogP contribution in [0, 0.1) is 0 Å². The van der Waals surface area contributed by atoms with E-state index in [1.54, 1.807) is 0 Å². The highest BCUT2D eigenvalue weighted by atomic mass is 35.5. The van der Waals surface area contributed by atoms with Crippen LogP contribution in [-0.2, 0) is 0 Å². The van der Waals surface area contributed by atoms with Crippen molar-refractivity contribution in [1.29, 1.82) is 0 Å². The molecule has 0 saturated carbocycles. The van der Waals surface area contributed by atoms with Crippen molar-refractivity contribution in [2.45, 2.75) is 0 Å². The van der Waals surface area contributed by atoms with Gasteiger partial charge in [-0.1, -0.05) is 12.2 Å². The third-order valence-electron chi connectivity index (χ3n) is 0.578. The molecular weight excluding hydrogens is 110 g/mol. The summed E-state index contributed by atoms with van der Waals surface area (Å²) >= 11 is 5.32. The maximum absolute atomic E-state index is 5.32. The molecule has 42 valence electrons. The molecule has 0 aliphatic heterocycles. The average molecular weight is 120 g/mol. The summed E-state index contributed by atoms with van der Waals surface area (Å²) in [4.78, 5) is 0. The Morgan fingerprint density at radius 3 is 2.71 bits per heavy atom. The van der Waals surface area contributed by atoms with E-state index in [-0.39, 0.29) is 0 Å². The summed E-state index contributed by atoms with van der Waals surface area (Å²) in [6.07, 6.45) is 3.91. The molecule has 1 nitrogen and oxygen atoms in total. The highest BCUT2D eigenvalue weighted by Crippen LogP contribution is 1.74. The molecule has 0 aromatic rings. The van der Waals surface area contributed by atoms with Crippen LogP contribution in [0.1, 0.15) is 0 Å². The Morgan fingerprint density at radius 2 is 2.29 bits per heavy atom. The molecule has 0 amide bonds. The minimum absolute atomic E-state index is 0.613. The summed E-state index contributed by atoms with van der Waals surface area (Å²) in [5, 5.41) is 2.96. The van der Waals surface area contributed by atoms with Crippen LogP contribution in [0.15, 0.2) is 12.2 Å². The van der Waals surface area contributed by atoms with E-state index < -0.39 is 0 Å². The first-order valence-electron chi connectivity index (χ1n) is 2.27. The van der Waals surface area contributed by atoms with Crippen molar-refractivity contribution in [3.8, 4) is 0 Å². The van der Waals surface area contributed by atoms with Crippen molar-refractivity contribution in [1.82, 2.24) is 5.32 Å². The number of hydrogen-bond acceptors (Lipinski definition) is 1. The van der Waals surface area contributed by atoms with E-state index in [1.165, 1.54) is 0 Å². The summed E-state index contributed by atoms with van der Waals surface area (Å²) in [7, 11) is 1.90. The van der Waals surface area contributed by atoms with E-state index in [0.717, 1.165) is 6.54 Å². The van der Waals surface area contributed by atoms with Crippen LogP contribution >= 0.6 is 11.6 Å². The predicted octanol–water partition coefficient (Wildman–Crippen LogP) is 1.00. The standard InChI is InChI=1S/C5H10ClN/c1-7-5-3-2-4-6/h2-3,7H,4-5H2,1H3. The zero-order chi connectivity index (χ0) is 5.54. The van der Waals surface area contributed by atoms with Gasteiger partial charge in [-0.2, -0.15) is 0 Å². The first-order chi connectivity index (χ1) is 3.41. The Labute approximate surface area is 49.4 Å². The Bertz CT molecular complexity index is 52.0. The van der Waals surface area contributed by atoms with E-state index in [2.05, 4.69) is 5.32 Å². The lowest BCUT2D eigenvalue weighted by atomic mass is 10.5. The molecule has 0 atom stereocenters. The van der Waals surface area contributed by atoms with Crippen molar-refractivity contribution < 1.29 is 0 Å². The van der Waals surface area contributed by atoms with Crippen LogP contribution < -0.4 is 5.32 Å². The van der Waals surface area contributed by atoms with Gasteiger partial charge in [-0.15, -0.1) is 11.6 Å². The lowest BCUT2D eigenvalue weighted by Crippen LogP contribution is -2.03. The van der Waals surface area contributed by atoms with Gasteiger partial charge in [0.15, 0.2) is 0 Å². The maximum Gasteiger partial charge on any atom is 0.0404 e. The third-order valence-corrected chi connectivity index (χ3v) is 0.756. The molecule has 0 aliphatic carbocycles. The van der Waals surface area contributed by atoms with E-state index in [1.807, 2.05) is 19.2 Å². The lowest BCUT2D eigenvalue weighted by Gasteiger charge is -1.83. The van der Waals surface area contributed by atoms with E-state index in [0.29, 0.717) is 5.88 Å². The van der Waals surface area contributed by atoms with Gasteiger partial charge in [0.1, 0.15) is 0 Å². The summed E-state index contributed by atoms with van der Waals surface area (Å²) < 4.78 is 0. The van der Waals surface area contributed by atoms with Crippen LogP contribution in [0.25, 0.3) is 0 Å². The van der Waals surface area contributed by atoms with Crippen molar-refractivity contribution in [3.05, 3.63) is 12.2 Å². The first kappa shape index (κ1) is 6.99. The van der Waals surface area contributed by atoms with Gasteiger partial charge in [0.05, 0.1) is 0 Å². The fourth-order valence-electron chi connectivity index (χ4n) is 0.264. The summed E-state index contributed by atoms with van der Waals surface area (Å²) in [6.45, 7) is 0.909. The molecule has 1 N–H and O–H groups in total. The Morgan fingerprint density at radius 1 is 1.57 bits per heavy atom. The second kappa shape index (κ2) is 5.99. The van der Waals surface area contributed by atoms with Crippen LogP contribution in [0.4, 0.5) is 0 Å². The molecular formula is C5H10ClN. The molecule has 0 bridgehead atoms. The van der Waals surface area contributed by atoms with Crippen LogP contribution in [0.5, 0.6) is 0 Å². The van der Waals surface area contributed by atoms with Gasteiger partial charge in [-0.3, -0.25) is 0 Å². The van der Waals surface area contributed by atoms with Gasteiger partial charge in [-0.05, 0) is 7.05 Å². The van der Waals surface area contributed by atoms with E-state index >= 15 is 0 Å². The summed E-state index contributed by atoms with van der Waals surface area (Å²) in [5.41, 5.74) is 0. The number of halogens is 1. The molecule has 0 radical (unpaired) electrons. The Balaban J connectivity index is 2.78. The molecule has 7 heavy (non-hydrogen) atoms. The quantitative estimate of drug-likeness (QED) is 0.432. The van der Waals surface area contributed by atoms with Crippen molar-refractivity contribution in [3.63, 3.8) is 0 Å². The Kier molecular flexibility index (Phi) is 5.98. The van der Waals surface area contributed by atoms with Crippen LogP contribution in [0.3, 0.4) is 0 Å². The number of allylic oxidation sites excluding steroid dienone is 1. The second-order valence-electron chi connectivity index (χ2n) is 1.18. The normalized spacial score (nSPS) is 10.6. The topological polar surface area (TPSA) is 12.0 Å². The second-order valence-corrected chi connectivity index (χ2v) is 1.49. The van der Waals surface area contributed by atoms with Crippen LogP contribution in [-0.4, -0.2) is 19.5 Å². The van der Waals surface area contributed by atoms with E-state index in [9.17, 15) is 0 Å². The number of likely N-dealkylation sites (N-methyl/N-ethyl adjacent to an activating group) is 1. The maximum atomic E-state index is 5.32. The highest BCUT2D eigenvalue weighted by Gasteiger charge is 1.66. The molecule has 0 aliphatic rings. The number of nitrogens with one attached hydrogen (secondary N) is 1. The zero-order valence-electron chi connectivity index (χ0n) is 4.45.